The zero-order valence-electron chi connectivity index (χ0n) is 14.0. The normalized spacial score (nSPS) is 11.8. The smallest absolute Gasteiger partial charge is 0.224 e. The van der Waals surface area contributed by atoms with E-state index in [-0.39, 0.29) is 11.9 Å². The Morgan fingerprint density at radius 3 is 2.75 bits per heavy atom. The highest BCUT2D eigenvalue weighted by Gasteiger charge is 2.07. The molecule has 128 valence electrons. The average Bonchev–Trinajstić information content (AvgIpc) is 2.53. The van der Waals surface area contributed by atoms with Crippen molar-refractivity contribution in [2.24, 2.45) is 5.73 Å². The second-order valence-corrected chi connectivity index (χ2v) is 6.40. The molecule has 5 heteroatoms. The lowest BCUT2D eigenvalue weighted by atomic mass is 10.1. The number of carbonyl (C=O) groups is 1. The van der Waals surface area contributed by atoms with Crippen LogP contribution in [-0.4, -0.2) is 11.9 Å². The van der Waals surface area contributed by atoms with Gasteiger partial charge in [0.2, 0.25) is 5.91 Å². The number of nitrogens with two attached hydrogens (primary N) is 1. The lowest BCUT2D eigenvalue weighted by molar-refractivity contribution is -0.116. The van der Waals surface area contributed by atoms with E-state index < -0.39 is 0 Å². The summed E-state index contributed by atoms with van der Waals surface area (Å²) in [4.78, 5) is 11.9. The van der Waals surface area contributed by atoms with Crippen LogP contribution >= 0.6 is 11.6 Å². The van der Waals surface area contributed by atoms with Gasteiger partial charge in [-0.1, -0.05) is 23.7 Å². The fourth-order valence-corrected chi connectivity index (χ4v) is 2.44. The van der Waals surface area contributed by atoms with Gasteiger partial charge >= 0.3 is 0 Å². The molecule has 1 unspecified atom stereocenters. The first-order valence-electron chi connectivity index (χ1n) is 7.97. The molecule has 0 radical (unpaired) electrons. The number of hydrogen-bond donors (Lipinski definition) is 2. The van der Waals surface area contributed by atoms with Crippen molar-refractivity contribution in [1.29, 1.82) is 0 Å². The van der Waals surface area contributed by atoms with E-state index in [9.17, 15) is 4.79 Å². The Balaban J connectivity index is 1.93. The van der Waals surface area contributed by atoms with Crippen LogP contribution in [0.2, 0.25) is 5.02 Å². The van der Waals surface area contributed by atoms with E-state index in [0.29, 0.717) is 24.5 Å². The third-order valence-corrected chi connectivity index (χ3v) is 3.83. The molecule has 0 saturated carbocycles. The van der Waals surface area contributed by atoms with Gasteiger partial charge in [-0.15, -0.1) is 0 Å². The van der Waals surface area contributed by atoms with Crippen molar-refractivity contribution in [3.05, 3.63) is 58.6 Å². The summed E-state index contributed by atoms with van der Waals surface area (Å²) in [6.45, 7) is 4.28. The molecule has 0 saturated heterocycles. The predicted octanol–water partition coefficient (Wildman–Crippen LogP) is 4.29. The molecule has 0 aliphatic heterocycles. The van der Waals surface area contributed by atoms with Gasteiger partial charge in [0.1, 0.15) is 12.4 Å². The first-order valence-corrected chi connectivity index (χ1v) is 8.35. The largest absolute Gasteiger partial charge is 0.489 e. The van der Waals surface area contributed by atoms with Crippen molar-refractivity contribution in [2.45, 2.75) is 39.3 Å². The molecule has 0 spiro atoms. The lowest BCUT2D eigenvalue weighted by Crippen LogP contribution is -2.19. The summed E-state index contributed by atoms with van der Waals surface area (Å²) in [5.41, 5.74) is 8.42. The Morgan fingerprint density at radius 2 is 2.08 bits per heavy atom. The first kappa shape index (κ1) is 18.3. The van der Waals surface area contributed by atoms with E-state index >= 15 is 0 Å². The van der Waals surface area contributed by atoms with Gasteiger partial charge in [-0.25, -0.2) is 0 Å². The third-order valence-electron chi connectivity index (χ3n) is 3.59. The molecule has 0 aromatic heterocycles. The molecule has 0 aliphatic carbocycles. The maximum absolute atomic E-state index is 11.9. The molecule has 0 heterocycles. The van der Waals surface area contributed by atoms with Gasteiger partial charge in [-0.2, -0.15) is 0 Å². The van der Waals surface area contributed by atoms with Crippen LogP contribution in [0.1, 0.15) is 30.9 Å². The summed E-state index contributed by atoms with van der Waals surface area (Å²) < 4.78 is 5.78. The number of amides is 1. The number of hydrogen-bond acceptors (Lipinski definition) is 3. The van der Waals surface area contributed by atoms with E-state index in [1.165, 1.54) is 0 Å². The molecule has 0 aliphatic rings. The molecular formula is C19H23ClN2O2. The molecule has 1 atom stereocenters. The molecular weight excluding hydrogens is 324 g/mol. The quantitative estimate of drug-likeness (QED) is 0.785. The van der Waals surface area contributed by atoms with Crippen molar-refractivity contribution in [1.82, 2.24) is 0 Å². The summed E-state index contributed by atoms with van der Waals surface area (Å²) >= 11 is 5.96. The third kappa shape index (κ3) is 5.87. The monoisotopic (exact) mass is 346 g/mol. The van der Waals surface area contributed by atoms with Crippen LogP contribution in [0.3, 0.4) is 0 Å². The second kappa shape index (κ2) is 8.71. The Hall–Kier alpha value is -2.04. The highest BCUT2D eigenvalue weighted by molar-refractivity contribution is 6.30. The number of anilines is 1. The van der Waals surface area contributed by atoms with Crippen molar-refractivity contribution in [3.8, 4) is 5.75 Å². The van der Waals surface area contributed by atoms with Crippen LogP contribution in [0.15, 0.2) is 42.5 Å². The van der Waals surface area contributed by atoms with Crippen LogP contribution in [0, 0.1) is 6.92 Å². The molecule has 1 amide bonds. The molecule has 24 heavy (non-hydrogen) atoms. The van der Waals surface area contributed by atoms with Crippen molar-refractivity contribution in [2.75, 3.05) is 5.32 Å². The molecule has 2 aromatic carbocycles. The number of halogens is 1. The molecule has 0 bridgehead atoms. The van der Waals surface area contributed by atoms with E-state index in [1.807, 2.05) is 56.3 Å². The molecule has 4 nitrogen and oxygen atoms in total. The molecule has 3 N–H and O–H groups in total. The summed E-state index contributed by atoms with van der Waals surface area (Å²) in [5.74, 6) is 0.726. The van der Waals surface area contributed by atoms with Gasteiger partial charge in [0.05, 0.1) is 0 Å². The highest BCUT2D eigenvalue weighted by Crippen LogP contribution is 2.23. The highest BCUT2D eigenvalue weighted by atomic mass is 35.5. The van der Waals surface area contributed by atoms with E-state index in [4.69, 9.17) is 22.1 Å². The lowest BCUT2D eigenvalue weighted by Gasteiger charge is -2.12. The summed E-state index contributed by atoms with van der Waals surface area (Å²) in [5, 5.41) is 3.60. The molecule has 0 fully saturated rings. The topological polar surface area (TPSA) is 64.3 Å². The van der Waals surface area contributed by atoms with Crippen LogP contribution in [-0.2, 0) is 11.4 Å². The van der Waals surface area contributed by atoms with Gasteiger partial charge in [0, 0.05) is 23.2 Å². The van der Waals surface area contributed by atoms with Gasteiger partial charge in [-0.3, -0.25) is 4.79 Å². The van der Waals surface area contributed by atoms with Gasteiger partial charge in [-0.05, 0) is 61.7 Å². The van der Waals surface area contributed by atoms with E-state index in [1.54, 1.807) is 0 Å². The molecule has 2 aromatic rings. The van der Waals surface area contributed by atoms with Crippen LogP contribution < -0.4 is 15.8 Å². The van der Waals surface area contributed by atoms with Gasteiger partial charge in [0.25, 0.3) is 0 Å². The van der Waals surface area contributed by atoms with Crippen molar-refractivity contribution < 1.29 is 9.53 Å². The number of ether oxygens (including phenoxy) is 1. The summed E-state index contributed by atoms with van der Waals surface area (Å²) in [7, 11) is 0. The standard InChI is InChI=1S/C19H23ClN2O2/c1-13-10-17(24-12-15-4-3-5-16(20)11-15)7-8-18(13)22-19(23)9-6-14(2)21/h3-5,7-8,10-11,14H,6,9,12,21H2,1-2H3,(H,22,23). The van der Waals surface area contributed by atoms with Crippen LogP contribution in [0.25, 0.3) is 0 Å². The maximum atomic E-state index is 11.9. The second-order valence-electron chi connectivity index (χ2n) is 5.96. The van der Waals surface area contributed by atoms with Gasteiger partial charge in [0.15, 0.2) is 0 Å². The average molecular weight is 347 g/mol. The Labute approximate surface area is 148 Å². The Bertz CT molecular complexity index is 702. The Morgan fingerprint density at radius 1 is 1.29 bits per heavy atom. The molecule has 2 rings (SSSR count). The van der Waals surface area contributed by atoms with E-state index in [2.05, 4.69) is 5.32 Å². The minimum Gasteiger partial charge on any atom is -0.489 e. The zero-order chi connectivity index (χ0) is 17.5. The Kier molecular flexibility index (Phi) is 6.64. The number of aryl methyl sites for hydroxylation is 1. The number of nitrogens with one attached hydrogen (secondary N) is 1. The summed E-state index contributed by atoms with van der Waals surface area (Å²) in [6.07, 6.45) is 1.09. The minimum atomic E-state index is -0.0250. The van der Waals surface area contributed by atoms with Gasteiger partial charge < -0.3 is 15.8 Å². The number of carbonyl (C=O) groups excluding carboxylic acids is 1. The SMILES string of the molecule is Cc1cc(OCc2cccc(Cl)c2)ccc1NC(=O)CCC(C)N. The van der Waals surface area contributed by atoms with Crippen molar-refractivity contribution >= 4 is 23.2 Å². The van der Waals surface area contributed by atoms with Crippen LogP contribution in [0.5, 0.6) is 5.75 Å². The van der Waals surface area contributed by atoms with Crippen molar-refractivity contribution in [3.63, 3.8) is 0 Å². The summed E-state index contributed by atoms with van der Waals surface area (Å²) in [6, 6.07) is 13.2. The maximum Gasteiger partial charge on any atom is 0.224 e. The first-order chi connectivity index (χ1) is 11.4. The number of rotatable bonds is 7. The fraction of sp³-hybridized carbons (Fsp3) is 0.316. The van der Waals surface area contributed by atoms with Crippen LogP contribution in [0.4, 0.5) is 5.69 Å². The minimum absolute atomic E-state index is 0.0250. The zero-order valence-corrected chi connectivity index (χ0v) is 14.8. The number of benzene rings is 2. The predicted molar refractivity (Wildman–Crippen MR) is 98.5 cm³/mol. The fourth-order valence-electron chi connectivity index (χ4n) is 2.23. The van der Waals surface area contributed by atoms with E-state index in [0.717, 1.165) is 22.6 Å².